The number of benzene rings is 2. The van der Waals surface area contributed by atoms with Crippen molar-refractivity contribution in [2.24, 2.45) is 0 Å². The van der Waals surface area contributed by atoms with Gasteiger partial charge in [0.05, 0.1) is 11.6 Å². The fraction of sp³-hybridized carbons (Fsp3) is 0.235. The lowest BCUT2D eigenvalue weighted by Crippen LogP contribution is -2.34. The fourth-order valence-corrected chi connectivity index (χ4v) is 2.70. The van der Waals surface area contributed by atoms with E-state index in [9.17, 15) is 13.6 Å². The van der Waals surface area contributed by atoms with Crippen LogP contribution < -0.4 is 5.32 Å². The molecule has 1 atom stereocenters. The summed E-state index contributed by atoms with van der Waals surface area (Å²) in [4.78, 5) is 14.1. The Morgan fingerprint density at radius 3 is 2.52 bits per heavy atom. The van der Waals surface area contributed by atoms with E-state index in [2.05, 4.69) is 21.2 Å². The molecule has 0 saturated heterocycles. The van der Waals surface area contributed by atoms with Crippen molar-refractivity contribution in [1.82, 2.24) is 10.2 Å². The summed E-state index contributed by atoms with van der Waals surface area (Å²) in [5.74, 6) is -1.19. The van der Waals surface area contributed by atoms with Gasteiger partial charge in [-0.2, -0.15) is 0 Å². The van der Waals surface area contributed by atoms with Crippen LogP contribution >= 0.6 is 15.9 Å². The Kier molecular flexibility index (Phi) is 5.85. The maximum atomic E-state index is 13.4. The molecule has 1 N–H and O–H groups in total. The standard InChI is InChI=1S/C17H17BrF2N2O/c1-22(2)16(11-4-3-5-12(19)8-11)10-21-17(23)14-9-13(20)6-7-15(14)18/h3-9,16H,10H2,1-2H3,(H,21,23)/t16-/m1/s1. The van der Waals surface area contributed by atoms with Crippen LogP contribution in [0.5, 0.6) is 0 Å². The van der Waals surface area contributed by atoms with Crippen LogP contribution in [0.2, 0.25) is 0 Å². The van der Waals surface area contributed by atoms with Crippen molar-refractivity contribution in [3.05, 3.63) is 69.7 Å². The maximum Gasteiger partial charge on any atom is 0.252 e. The molecule has 0 saturated carbocycles. The van der Waals surface area contributed by atoms with Crippen LogP contribution in [0.1, 0.15) is 22.0 Å². The molecule has 6 heteroatoms. The van der Waals surface area contributed by atoms with Gasteiger partial charge in [0.2, 0.25) is 0 Å². The minimum absolute atomic E-state index is 0.193. The number of hydrogen-bond donors (Lipinski definition) is 1. The number of nitrogens with one attached hydrogen (secondary N) is 1. The molecule has 0 aliphatic rings. The normalized spacial score (nSPS) is 12.3. The molecule has 0 spiro atoms. The Bertz CT molecular complexity index is 707. The Balaban J connectivity index is 2.13. The number of hydrogen-bond acceptors (Lipinski definition) is 2. The minimum Gasteiger partial charge on any atom is -0.350 e. The summed E-state index contributed by atoms with van der Waals surface area (Å²) in [6.07, 6.45) is 0. The first-order valence-corrected chi connectivity index (χ1v) is 7.83. The van der Waals surface area contributed by atoms with Crippen LogP contribution in [0.4, 0.5) is 8.78 Å². The van der Waals surface area contributed by atoms with E-state index in [1.807, 2.05) is 19.0 Å². The molecule has 0 fully saturated rings. The molecule has 2 rings (SSSR count). The largest absolute Gasteiger partial charge is 0.350 e. The quantitative estimate of drug-likeness (QED) is 0.853. The molecule has 0 heterocycles. The van der Waals surface area contributed by atoms with Crippen LogP contribution in [0.3, 0.4) is 0 Å². The van der Waals surface area contributed by atoms with Crippen molar-refractivity contribution in [1.29, 1.82) is 0 Å². The summed E-state index contributed by atoms with van der Waals surface area (Å²) in [5.41, 5.74) is 0.982. The van der Waals surface area contributed by atoms with Gasteiger partial charge in [0.25, 0.3) is 5.91 Å². The van der Waals surface area contributed by atoms with E-state index in [-0.39, 0.29) is 29.9 Å². The summed E-state index contributed by atoms with van der Waals surface area (Å²) < 4.78 is 27.2. The van der Waals surface area contributed by atoms with Gasteiger partial charge in [-0.15, -0.1) is 0 Å². The zero-order valence-electron chi connectivity index (χ0n) is 12.8. The Morgan fingerprint density at radius 1 is 1.17 bits per heavy atom. The zero-order chi connectivity index (χ0) is 17.0. The van der Waals surface area contributed by atoms with Crippen molar-refractivity contribution in [2.45, 2.75) is 6.04 Å². The van der Waals surface area contributed by atoms with Crippen molar-refractivity contribution < 1.29 is 13.6 Å². The van der Waals surface area contributed by atoms with E-state index in [0.717, 1.165) is 5.56 Å². The van der Waals surface area contributed by atoms with Crippen LogP contribution in [0.25, 0.3) is 0 Å². The molecule has 0 aliphatic carbocycles. The average molecular weight is 383 g/mol. The summed E-state index contributed by atoms with van der Waals surface area (Å²) >= 11 is 3.23. The molecule has 0 aliphatic heterocycles. The van der Waals surface area contributed by atoms with Gasteiger partial charge in [0.15, 0.2) is 0 Å². The number of rotatable bonds is 5. The first-order chi connectivity index (χ1) is 10.9. The van der Waals surface area contributed by atoms with E-state index >= 15 is 0 Å². The third-order valence-corrected chi connectivity index (χ3v) is 4.18. The summed E-state index contributed by atoms with van der Waals surface area (Å²) in [6, 6.07) is 9.99. The third-order valence-electron chi connectivity index (χ3n) is 3.49. The average Bonchev–Trinajstić information content (AvgIpc) is 2.49. The summed E-state index contributed by atoms with van der Waals surface area (Å²) in [5, 5.41) is 2.77. The number of carbonyl (C=O) groups is 1. The van der Waals surface area contributed by atoms with Gasteiger partial charge in [-0.3, -0.25) is 4.79 Å². The molecule has 0 unspecified atom stereocenters. The highest BCUT2D eigenvalue weighted by atomic mass is 79.9. The van der Waals surface area contributed by atoms with E-state index in [0.29, 0.717) is 4.47 Å². The summed E-state index contributed by atoms with van der Waals surface area (Å²) in [7, 11) is 3.69. The van der Waals surface area contributed by atoms with Gasteiger partial charge in [-0.25, -0.2) is 8.78 Å². The van der Waals surface area contributed by atoms with Crippen molar-refractivity contribution in [2.75, 3.05) is 20.6 Å². The van der Waals surface area contributed by atoms with Crippen LogP contribution in [-0.2, 0) is 0 Å². The zero-order valence-corrected chi connectivity index (χ0v) is 14.4. The molecule has 0 radical (unpaired) electrons. The van der Waals surface area contributed by atoms with Gasteiger partial charge in [0.1, 0.15) is 11.6 Å². The molecule has 122 valence electrons. The van der Waals surface area contributed by atoms with Gasteiger partial charge in [-0.05, 0) is 65.9 Å². The second kappa shape index (κ2) is 7.66. The predicted octanol–water partition coefficient (Wildman–Crippen LogP) is 3.76. The highest BCUT2D eigenvalue weighted by Crippen LogP contribution is 2.20. The molecular weight excluding hydrogens is 366 g/mol. The predicted molar refractivity (Wildman–Crippen MR) is 89.3 cm³/mol. The fourth-order valence-electron chi connectivity index (χ4n) is 2.27. The molecule has 0 bridgehead atoms. The second-order valence-corrected chi connectivity index (χ2v) is 6.22. The molecule has 0 aromatic heterocycles. The maximum absolute atomic E-state index is 13.4. The lowest BCUT2D eigenvalue weighted by atomic mass is 10.1. The van der Waals surface area contributed by atoms with Crippen LogP contribution in [0.15, 0.2) is 46.9 Å². The lowest BCUT2D eigenvalue weighted by Gasteiger charge is -2.25. The first kappa shape index (κ1) is 17.6. The van der Waals surface area contributed by atoms with Gasteiger partial charge >= 0.3 is 0 Å². The van der Waals surface area contributed by atoms with E-state index < -0.39 is 5.82 Å². The Labute approximate surface area is 142 Å². The number of amides is 1. The number of carbonyl (C=O) groups excluding carboxylic acids is 1. The molecule has 23 heavy (non-hydrogen) atoms. The minimum atomic E-state index is -0.479. The first-order valence-electron chi connectivity index (χ1n) is 7.03. The van der Waals surface area contributed by atoms with E-state index in [1.54, 1.807) is 12.1 Å². The SMILES string of the molecule is CN(C)[C@H](CNC(=O)c1cc(F)ccc1Br)c1cccc(F)c1. The van der Waals surface area contributed by atoms with Crippen molar-refractivity contribution >= 4 is 21.8 Å². The molecule has 2 aromatic rings. The van der Waals surface area contributed by atoms with Crippen LogP contribution in [-0.4, -0.2) is 31.4 Å². The second-order valence-electron chi connectivity index (χ2n) is 5.37. The molecule has 2 aromatic carbocycles. The number of nitrogens with zero attached hydrogens (tertiary/aromatic N) is 1. The van der Waals surface area contributed by atoms with Crippen molar-refractivity contribution in [3.63, 3.8) is 0 Å². The highest BCUT2D eigenvalue weighted by Gasteiger charge is 2.17. The van der Waals surface area contributed by atoms with Gasteiger partial charge < -0.3 is 10.2 Å². The highest BCUT2D eigenvalue weighted by molar-refractivity contribution is 9.10. The lowest BCUT2D eigenvalue weighted by molar-refractivity contribution is 0.0940. The van der Waals surface area contributed by atoms with Crippen molar-refractivity contribution in [3.8, 4) is 0 Å². The Morgan fingerprint density at radius 2 is 1.87 bits per heavy atom. The molecule has 1 amide bonds. The molecular formula is C17H17BrF2N2O. The molecule has 3 nitrogen and oxygen atoms in total. The number of halogens is 3. The van der Waals surface area contributed by atoms with E-state index in [4.69, 9.17) is 0 Å². The number of likely N-dealkylation sites (N-methyl/N-ethyl adjacent to an activating group) is 1. The summed E-state index contributed by atoms with van der Waals surface area (Å²) in [6.45, 7) is 0.276. The monoisotopic (exact) mass is 382 g/mol. The van der Waals surface area contributed by atoms with E-state index in [1.165, 1.54) is 30.3 Å². The van der Waals surface area contributed by atoms with Gasteiger partial charge in [0, 0.05) is 11.0 Å². The topological polar surface area (TPSA) is 32.3 Å². The smallest absolute Gasteiger partial charge is 0.252 e. The third kappa shape index (κ3) is 4.59. The Hall–Kier alpha value is -1.79. The van der Waals surface area contributed by atoms with Gasteiger partial charge in [-0.1, -0.05) is 12.1 Å². The van der Waals surface area contributed by atoms with Crippen LogP contribution in [0, 0.1) is 11.6 Å².